The fraction of sp³-hybridized carbons (Fsp3) is 0.500. The number of thioether (sulfide) groups is 1. The molecule has 0 N–H and O–H groups in total. The van der Waals surface area contributed by atoms with Gasteiger partial charge in [-0.05, 0) is 12.3 Å². The minimum absolute atomic E-state index is 0.589. The van der Waals surface area contributed by atoms with Gasteiger partial charge in [0.05, 0.1) is 12.6 Å². The molecule has 2 heterocycles. The predicted octanol–water partition coefficient (Wildman–Crippen LogP) is 1.26. The average Bonchev–Trinajstić information content (AvgIpc) is 2.35. The molecule has 0 unspecified atom stereocenters. The lowest BCUT2D eigenvalue weighted by atomic mass is 10.3. The summed E-state index contributed by atoms with van der Waals surface area (Å²) in [5, 5.41) is 3.25. The zero-order valence-corrected chi connectivity index (χ0v) is 6.06. The molecule has 9 heavy (non-hydrogen) atoms. The summed E-state index contributed by atoms with van der Waals surface area (Å²) in [6, 6.07) is 0.589. The summed E-state index contributed by atoms with van der Waals surface area (Å²) in [5.74, 6) is 0. The van der Waals surface area contributed by atoms with Crippen LogP contribution < -0.4 is 0 Å². The van der Waals surface area contributed by atoms with Crippen molar-refractivity contribution in [3.8, 4) is 0 Å². The molecule has 48 valence electrons. The Morgan fingerprint density at radius 3 is 3.56 bits per heavy atom. The van der Waals surface area contributed by atoms with Crippen molar-refractivity contribution in [1.29, 1.82) is 0 Å². The minimum atomic E-state index is 0.589. The van der Waals surface area contributed by atoms with E-state index in [9.17, 15) is 0 Å². The highest BCUT2D eigenvalue weighted by molar-refractivity contribution is 8.16. The molecule has 0 aromatic carbocycles. The van der Waals surface area contributed by atoms with Crippen LogP contribution in [0.1, 0.15) is 6.92 Å². The number of nitrogens with zero attached hydrogens (tertiary/aromatic N) is 2. The van der Waals surface area contributed by atoms with Crippen molar-refractivity contribution < 1.29 is 0 Å². The van der Waals surface area contributed by atoms with Gasteiger partial charge in [0.15, 0.2) is 5.17 Å². The molecule has 0 saturated carbocycles. The van der Waals surface area contributed by atoms with Gasteiger partial charge in [0.2, 0.25) is 0 Å². The van der Waals surface area contributed by atoms with Crippen LogP contribution in [0.5, 0.6) is 0 Å². The van der Waals surface area contributed by atoms with E-state index in [0.717, 1.165) is 6.54 Å². The van der Waals surface area contributed by atoms with E-state index in [1.54, 1.807) is 11.8 Å². The second-order valence-corrected chi connectivity index (χ2v) is 3.16. The highest BCUT2D eigenvalue weighted by Gasteiger charge is 2.24. The third kappa shape index (κ3) is 0.678. The normalized spacial score (nSPS) is 31.0. The largest absolute Gasteiger partial charge is 0.322 e. The van der Waals surface area contributed by atoms with E-state index in [4.69, 9.17) is 0 Å². The molecule has 0 spiro atoms. The molecule has 1 atom stereocenters. The molecular weight excluding hydrogens is 132 g/mol. The van der Waals surface area contributed by atoms with Crippen LogP contribution in [-0.2, 0) is 0 Å². The van der Waals surface area contributed by atoms with Gasteiger partial charge in [-0.3, -0.25) is 4.99 Å². The second-order valence-electron chi connectivity index (χ2n) is 2.28. The summed E-state index contributed by atoms with van der Waals surface area (Å²) in [4.78, 5) is 6.53. The van der Waals surface area contributed by atoms with Gasteiger partial charge >= 0.3 is 0 Å². The zero-order chi connectivity index (χ0) is 6.27. The van der Waals surface area contributed by atoms with E-state index in [1.807, 2.05) is 0 Å². The summed E-state index contributed by atoms with van der Waals surface area (Å²) in [7, 11) is 0. The Balaban J connectivity index is 2.26. The molecule has 0 aliphatic carbocycles. The van der Waals surface area contributed by atoms with Crippen LogP contribution in [0, 0.1) is 0 Å². The zero-order valence-electron chi connectivity index (χ0n) is 5.24. The molecule has 0 aromatic heterocycles. The van der Waals surface area contributed by atoms with Crippen molar-refractivity contribution >= 4 is 16.9 Å². The van der Waals surface area contributed by atoms with Crippen molar-refractivity contribution in [2.24, 2.45) is 4.99 Å². The Labute approximate surface area is 58.6 Å². The highest BCUT2D eigenvalue weighted by atomic mass is 32.2. The van der Waals surface area contributed by atoms with E-state index >= 15 is 0 Å². The Kier molecular flexibility index (Phi) is 1.05. The van der Waals surface area contributed by atoms with Crippen molar-refractivity contribution in [3.63, 3.8) is 0 Å². The summed E-state index contributed by atoms with van der Waals surface area (Å²) < 4.78 is 0. The molecular formula is C6H8N2S. The number of fused-ring (bicyclic) bond motifs is 1. The molecule has 3 heteroatoms. The maximum Gasteiger partial charge on any atom is 0.168 e. The fourth-order valence-corrected chi connectivity index (χ4v) is 1.86. The van der Waals surface area contributed by atoms with Crippen LogP contribution in [-0.4, -0.2) is 22.7 Å². The first-order valence-corrected chi connectivity index (χ1v) is 3.92. The van der Waals surface area contributed by atoms with Crippen molar-refractivity contribution in [2.75, 3.05) is 6.54 Å². The third-order valence-corrected chi connectivity index (χ3v) is 2.39. The van der Waals surface area contributed by atoms with Gasteiger partial charge < -0.3 is 4.90 Å². The Morgan fingerprint density at radius 1 is 1.89 bits per heavy atom. The topological polar surface area (TPSA) is 15.6 Å². The smallest absolute Gasteiger partial charge is 0.168 e. The number of amidine groups is 1. The van der Waals surface area contributed by atoms with Gasteiger partial charge in [0.25, 0.3) is 0 Å². The van der Waals surface area contributed by atoms with Crippen LogP contribution in [0.15, 0.2) is 16.6 Å². The molecule has 2 rings (SSSR count). The Morgan fingerprint density at radius 2 is 2.78 bits per heavy atom. The van der Waals surface area contributed by atoms with Gasteiger partial charge in [-0.15, -0.1) is 0 Å². The van der Waals surface area contributed by atoms with Gasteiger partial charge in [-0.25, -0.2) is 0 Å². The fourth-order valence-electron chi connectivity index (χ4n) is 1.03. The molecule has 0 saturated heterocycles. The standard InChI is InChI=1S/C6H8N2S/c1-5-4-7-6-8(5)2-3-9-6/h2-3,5H,4H2,1H3/t5-/m1/s1. The monoisotopic (exact) mass is 140 g/mol. The first-order chi connectivity index (χ1) is 4.38. The summed E-state index contributed by atoms with van der Waals surface area (Å²) >= 11 is 1.71. The van der Waals surface area contributed by atoms with Crippen molar-refractivity contribution in [2.45, 2.75) is 13.0 Å². The minimum Gasteiger partial charge on any atom is -0.322 e. The van der Waals surface area contributed by atoms with Gasteiger partial charge in [0.1, 0.15) is 0 Å². The average molecular weight is 140 g/mol. The summed E-state index contributed by atoms with van der Waals surface area (Å²) in [5.41, 5.74) is 0. The Hall–Kier alpha value is -0.440. The number of aliphatic imine (C=N–C) groups is 1. The van der Waals surface area contributed by atoms with Gasteiger partial charge in [-0.2, -0.15) is 0 Å². The maximum absolute atomic E-state index is 4.32. The first-order valence-electron chi connectivity index (χ1n) is 3.04. The van der Waals surface area contributed by atoms with E-state index in [1.165, 1.54) is 5.17 Å². The summed E-state index contributed by atoms with van der Waals surface area (Å²) in [6.45, 7) is 3.15. The molecule has 2 aliphatic rings. The van der Waals surface area contributed by atoms with Crippen LogP contribution in [0.4, 0.5) is 0 Å². The summed E-state index contributed by atoms with van der Waals surface area (Å²) in [6.07, 6.45) is 2.10. The lowest BCUT2D eigenvalue weighted by molar-refractivity contribution is 0.482. The highest BCUT2D eigenvalue weighted by Crippen LogP contribution is 2.25. The van der Waals surface area contributed by atoms with E-state index in [-0.39, 0.29) is 0 Å². The van der Waals surface area contributed by atoms with Crippen molar-refractivity contribution in [3.05, 3.63) is 11.6 Å². The molecule has 0 aromatic rings. The van der Waals surface area contributed by atoms with Crippen molar-refractivity contribution in [1.82, 2.24) is 4.90 Å². The number of hydrogen-bond acceptors (Lipinski definition) is 3. The van der Waals surface area contributed by atoms with E-state index in [0.29, 0.717) is 6.04 Å². The van der Waals surface area contributed by atoms with E-state index in [2.05, 4.69) is 28.4 Å². The van der Waals surface area contributed by atoms with Gasteiger partial charge in [0, 0.05) is 6.20 Å². The lowest BCUT2D eigenvalue weighted by Crippen LogP contribution is -2.24. The third-order valence-electron chi connectivity index (χ3n) is 1.58. The quantitative estimate of drug-likeness (QED) is 0.503. The SMILES string of the molecule is C[C@@H]1CN=C2SC=CN21. The molecule has 2 aliphatic heterocycles. The number of rotatable bonds is 0. The molecule has 0 bridgehead atoms. The molecule has 2 nitrogen and oxygen atoms in total. The Bertz CT molecular complexity index is 185. The van der Waals surface area contributed by atoms with Crippen LogP contribution in [0.25, 0.3) is 0 Å². The maximum atomic E-state index is 4.32. The van der Waals surface area contributed by atoms with Crippen LogP contribution in [0.2, 0.25) is 0 Å². The molecule has 0 fully saturated rings. The number of hydrogen-bond donors (Lipinski definition) is 0. The molecule has 0 amide bonds. The predicted molar refractivity (Wildman–Crippen MR) is 40.3 cm³/mol. The first kappa shape index (κ1) is 5.35. The van der Waals surface area contributed by atoms with Gasteiger partial charge in [-0.1, -0.05) is 11.8 Å². The molecule has 0 radical (unpaired) electrons. The van der Waals surface area contributed by atoms with E-state index < -0.39 is 0 Å². The van der Waals surface area contributed by atoms with Crippen LogP contribution in [0.3, 0.4) is 0 Å². The second kappa shape index (κ2) is 1.77. The van der Waals surface area contributed by atoms with Crippen LogP contribution >= 0.6 is 11.8 Å². The lowest BCUT2D eigenvalue weighted by Gasteiger charge is -2.14.